The van der Waals surface area contributed by atoms with Crippen LogP contribution in [-0.4, -0.2) is 17.2 Å². The molecule has 1 aliphatic carbocycles. The minimum atomic E-state index is -0.443. The van der Waals surface area contributed by atoms with E-state index in [1.807, 2.05) is 26.8 Å². The summed E-state index contributed by atoms with van der Waals surface area (Å²) >= 11 is 0. The van der Waals surface area contributed by atoms with Crippen molar-refractivity contribution in [2.75, 3.05) is 0 Å². The standard InChI is InChI=1S/C13H23NO2/c1-5-13(9-7-6-8-10-13)14-11(15)16-12(2,3)4/h5H,1,6-10H2,2-4H3,(H,14,15). The fraction of sp³-hybridized carbons (Fsp3) is 0.769. The second kappa shape index (κ2) is 4.89. The van der Waals surface area contributed by atoms with Crippen LogP contribution in [0.1, 0.15) is 52.9 Å². The van der Waals surface area contributed by atoms with E-state index in [4.69, 9.17) is 4.74 Å². The van der Waals surface area contributed by atoms with Crippen LogP contribution in [0.25, 0.3) is 0 Å². The molecule has 0 aliphatic heterocycles. The Balaban J connectivity index is 2.56. The quantitative estimate of drug-likeness (QED) is 0.731. The van der Waals surface area contributed by atoms with Crippen LogP contribution in [0.15, 0.2) is 12.7 Å². The normalized spacial score (nSPS) is 19.9. The molecule has 0 bridgehead atoms. The number of carbonyl (C=O) groups excluding carboxylic acids is 1. The van der Waals surface area contributed by atoms with E-state index >= 15 is 0 Å². The molecule has 0 aromatic carbocycles. The van der Waals surface area contributed by atoms with Crippen molar-refractivity contribution in [1.29, 1.82) is 0 Å². The van der Waals surface area contributed by atoms with Crippen molar-refractivity contribution in [3.8, 4) is 0 Å². The van der Waals surface area contributed by atoms with Gasteiger partial charge in [0.25, 0.3) is 0 Å². The summed E-state index contributed by atoms with van der Waals surface area (Å²) in [4.78, 5) is 11.7. The molecule has 1 saturated carbocycles. The van der Waals surface area contributed by atoms with E-state index in [0.717, 1.165) is 25.7 Å². The molecule has 0 heterocycles. The number of hydrogen-bond donors (Lipinski definition) is 1. The van der Waals surface area contributed by atoms with Crippen molar-refractivity contribution in [1.82, 2.24) is 5.32 Å². The van der Waals surface area contributed by atoms with Gasteiger partial charge in [-0.1, -0.05) is 25.3 Å². The van der Waals surface area contributed by atoms with Gasteiger partial charge in [-0.05, 0) is 33.6 Å². The first-order valence-electron chi connectivity index (χ1n) is 6.02. The Bertz CT molecular complexity index is 260. The number of alkyl carbamates (subject to hydrolysis) is 1. The van der Waals surface area contributed by atoms with Gasteiger partial charge in [-0.15, -0.1) is 6.58 Å². The van der Waals surface area contributed by atoms with Crippen LogP contribution >= 0.6 is 0 Å². The van der Waals surface area contributed by atoms with Crippen LogP contribution < -0.4 is 5.32 Å². The highest BCUT2D eigenvalue weighted by Gasteiger charge is 2.32. The molecular formula is C13H23NO2. The monoisotopic (exact) mass is 225 g/mol. The van der Waals surface area contributed by atoms with Crippen molar-refractivity contribution in [2.24, 2.45) is 0 Å². The third-order valence-electron chi connectivity index (χ3n) is 2.89. The van der Waals surface area contributed by atoms with Crippen LogP contribution in [0.5, 0.6) is 0 Å². The molecule has 3 nitrogen and oxygen atoms in total. The van der Waals surface area contributed by atoms with Gasteiger partial charge in [0.1, 0.15) is 5.60 Å². The van der Waals surface area contributed by atoms with E-state index in [0.29, 0.717) is 0 Å². The van der Waals surface area contributed by atoms with Crippen LogP contribution in [-0.2, 0) is 4.74 Å². The molecule has 0 aromatic heterocycles. The van der Waals surface area contributed by atoms with Gasteiger partial charge in [-0.25, -0.2) is 4.79 Å². The lowest BCUT2D eigenvalue weighted by molar-refractivity contribution is 0.0458. The fourth-order valence-corrected chi connectivity index (χ4v) is 2.07. The summed E-state index contributed by atoms with van der Waals surface area (Å²) in [5.41, 5.74) is -0.693. The Morgan fingerprint density at radius 2 is 1.88 bits per heavy atom. The Hall–Kier alpha value is -0.990. The maximum Gasteiger partial charge on any atom is 0.408 e. The molecule has 0 unspecified atom stereocenters. The van der Waals surface area contributed by atoms with Crippen LogP contribution in [0.4, 0.5) is 4.79 Å². The molecule has 1 fully saturated rings. The topological polar surface area (TPSA) is 38.3 Å². The van der Waals surface area contributed by atoms with Gasteiger partial charge < -0.3 is 10.1 Å². The van der Waals surface area contributed by atoms with E-state index in [1.54, 1.807) is 0 Å². The minimum absolute atomic E-state index is 0.249. The highest BCUT2D eigenvalue weighted by Crippen LogP contribution is 2.29. The predicted octanol–water partition coefficient (Wildman–Crippen LogP) is 3.40. The summed E-state index contributed by atoms with van der Waals surface area (Å²) in [6, 6.07) is 0. The zero-order valence-electron chi connectivity index (χ0n) is 10.6. The van der Waals surface area contributed by atoms with E-state index in [-0.39, 0.29) is 11.6 Å². The molecule has 16 heavy (non-hydrogen) atoms. The molecule has 0 radical (unpaired) electrons. The van der Waals surface area contributed by atoms with Crippen molar-refractivity contribution in [3.05, 3.63) is 12.7 Å². The van der Waals surface area contributed by atoms with E-state index in [9.17, 15) is 4.79 Å². The lowest BCUT2D eigenvalue weighted by Crippen LogP contribution is -2.49. The zero-order chi connectivity index (χ0) is 12.2. The third-order valence-corrected chi connectivity index (χ3v) is 2.89. The summed E-state index contributed by atoms with van der Waals surface area (Å²) < 4.78 is 5.27. The molecule has 92 valence electrons. The van der Waals surface area contributed by atoms with Crippen LogP contribution in [0.2, 0.25) is 0 Å². The Labute approximate surface area is 98.2 Å². The first kappa shape index (κ1) is 13.1. The molecule has 3 heteroatoms. The van der Waals surface area contributed by atoms with Crippen LogP contribution in [0, 0.1) is 0 Å². The lowest BCUT2D eigenvalue weighted by atomic mass is 9.82. The molecule has 1 amide bonds. The third kappa shape index (κ3) is 3.87. The molecule has 0 spiro atoms. The van der Waals surface area contributed by atoms with E-state index in [1.165, 1.54) is 6.42 Å². The number of rotatable bonds is 2. The van der Waals surface area contributed by atoms with Gasteiger partial charge in [-0.2, -0.15) is 0 Å². The van der Waals surface area contributed by atoms with Gasteiger partial charge in [0.2, 0.25) is 0 Å². The second-order valence-electron chi connectivity index (χ2n) is 5.55. The molecule has 1 aliphatic rings. The SMILES string of the molecule is C=CC1(NC(=O)OC(C)(C)C)CCCCC1. The van der Waals surface area contributed by atoms with Crippen molar-refractivity contribution >= 4 is 6.09 Å². The van der Waals surface area contributed by atoms with Crippen LogP contribution in [0.3, 0.4) is 0 Å². The summed E-state index contributed by atoms with van der Waals surface area (Å²) in [6.07, 6.45) is 6.98. The fourth-order valence-electron chi connectivity index (χ4n) is 2.07. The van der Waals surface area contributed by atoms with Crippen molar-refractivity contribution in [3.63, 3.8) is 0 Å². The van der Waals surface area contributed by atoms with Gasteiger partial charge >= 0.3 is 6.09 Å². The minimum Gasteiger partial charge on any atom is -0.444 e. The van der Waals surface area contributed by atoms with E-state index < -0.39 is 5.60 Å². The number of carbonyl (C=O) groups is 1. The molecule has 0 aromatic rings. The van der Waals surface area contributed by atoms with Gasteiger partial charge in [-0.3, -0.25) is 0 Å². The first-order valence-corrected chi connectivity index (χ1v) is 6.02. The molecule has 0 atom stereocenters. The average molecular weight is 225 g/mol. The first-order chi connectivity index (χ1) is 7.37. The Morgan fingerprint density at radius 1 is 1.31 bits per heavy atom. The maximum atomic E-state index is 11.7. The van der Waals surface area contributed by atoms with Gasteiger partial charge in [0.05, 0.1) is 5.54 Å². The maximum absolute atomic E-state index is 11.7. The average Bonchev–Trinajstić information content (AvgIpc) is 2.16. The molecule has 1 rings (SSSR count). The summed E-state index contributed by atoms with van der Waals surface area (Å²) in [5, 5.41) is 2.96. The summed E-state index contributed by atoms with van der Waals surface area (Å²) in [7, 11) is 0. The second-order valence-corrected chi connectivity index (χ2v) is 5.55. The Kier molecular flexibility index (Phi) is 4.00. The lowest BCUT2D eigenvalue weighted by Gasteiger charge is -2.35. The highest BCUT2D eigenvalue weighted by atomic mass is 16.6. The predicted molar refractivity (Wildman–Crippen MR) is 65.4 cm³/mol. The van der Waals surface area contributed by atoms with E-state index in [2.05, 4.69) is 11.9 Å². The highest BCUT2D eigenvalue weighted by molar-refractivity contribution is 5.69. The van der Waals surface area contributed by atoms with Gasteiger partial charge in [0, 0.05) is 0 Å². The molecular weight excluding hydrogens is 202 g/mol. The number of nitrogens with one attached hydrogen (secondary N) is 1. The van der Waals surface area contributed by atoms with Crippen molar-refractivity contribution < 1.29 is 9.53 Å². The zero-order valence-corrected chi connectivity index (χ0v) is 10.6. The number of hydrogen-bond acceptors (Lipinski definition) is 2. The van der Waals surface area contributed by atoms with Crippen molar-refractivity contribution in [2.45, 2.75) is 64.0 Å². The van der Waals surface area contributed by atoms with Gasteiger partial charge in [0.15, 0.2) is 0 Å². The smallest absolute Gasteiger partial charge is 0.408 e. The molecule has 0 saturated heterocycles. The molecule has 1 N–H and O–H groups in total. The number of amides is 1. The summed E-state index contributed by atoms with van der Waals surface area (Å²) in [5.74, 6) is 0. The number of ether oxygens (including phenoxy) is 1. The largest absolute Gasteiger partial charge is 0.444 e. The summed E-state index contributed by atoms with van der Waals surface area (Å²) in [6.45, 7) is 9.44. The Morgan fingerprint density at radius 3 is 2.31 bits per heavy atom.